The van der Waals surface area contributed by atoms with E-state index in [4.69, 9.17) is 4.98 Å². The van der Waals surface area contributed by atoms with Gasteiger partial charge in [0.05, 0.1) is 16.2 Å². The van der Waals surface area contributed by atoms with E-state index in [9.17, 15) is 17.6 Å². The third-order valence-electron chi connectivity index (χ3n) is 7.09. The van der Waals surface area contributed by atoms with Gasteiger partial charge >= 0.3 is 0 Å². The number of halogens is 1. The van der Waals surface area contributed by atoms with Gasteiger partial charge in [0.25, 0.3) is 0 Å². The Balaban J connectivity index is 1.30. The number of sulfonamides is 1. The molecule has 1 aromatic heterocycles. The lowest BCUT2D eigenvalue weighted by Gasteiger charge is -2.29. The second-order valence-electron chi connectivity index (χ2n) is 10.0. The van der Waals surface area contributed by atoms with Gasteiger partial charge in [-0.05, 0) is 91.4 Å². The molecule has 1 amide bonds. The normalized spacial score (nSPS) is 14.9. The van der Waals surface area contributed by atoms with Crippen LogP contribution in [0.4, 0.5) is 10.1 Å². The minimum absolute atomic E-state index is 0.0946. The molecule has 0 radical (unpaired) electrons. The van der Waals surface area contributed by atoms with Crippen LogP contribution in [0.1, 0.15) is 32.3 Å². The maximum absolute atomic E-state index is 13.5. The Morgan fingerprint density at radius 3 is 2.40 bits per heavy atom. The highest BCUT2D eigenvalue weighted by Gasteiger charge is 2.28. The zero-order valence-corrected chi connectivity index (χ0v) is 24.1. The van der Waals surface area contributed by atoms with Crippen LogP contribution in [0.2, 0.25) is 0 Å². The number of nitrogens with one attached hydrogen (secondary N) is 1. The minimum atomic E-state index is -3.55. The summed E-state index contributed by atoms with van der Waals surface area (Å²) in [6, 6.07) is 18.3. The van der Waals surface area contributed by atoms with Crippen molar-refractivity contribution < 1.29 is 17.6 Å². The Hall–Kier alpha value is -3.34. The van der Waals surface area contributed by atoms with Crippen molar-refractivity contribution >= 4 is 44.3 Å². The molecule has 208 valence electrons. The summed E-state index contributed by atoms with van der Waals surface area (Å²) >= 11 is 1.29. The van der Waals surface area contributed by atoms with E-state index < -0.39 is 10.0 Å². The van der Waals surface area contributed by atoms with Crippen molar-refractivity contribution in [3.63, 3.8) is 0 Å². The molecular formula is C30H31FN4O3S2. The highest BCUT2D eigenvalue weighted by molar-refractivity contribution is 8.00. The number of aryl methyl sites for hydroxylation is 1. The number of hydrogen-bond donors (Lipinski definition) is 1. The van der Waals surface area contributed by atoms with Gasteiger partial charge in [0.1, 0.15) is 10.8 Å². The number of fused-ring (bicyclic) bond motifs is 1. The first-order valence-electron chi connectivity index (χ1n) is 13.3. The Kier molecular flexibility index (Phi) is 8.48. The summed E-state index contributed by atoms with van der Waals surface area (Å²) in [6.45, 7) is 5.26. The molecule has 40 heavy (non-hydrogen) atoms. The van der Waals surface area contributed by atoms with Gasteiger partial charge < -0.3 is 5.32 Å². The molecule has 10 heteroatoms. The van der Waals surface area contributed by atoms with Crippen LogP contribution in [0.15, 0.2) is 76.7 Å². The molecule has 0 bridgehead atoms. The Morgan fingerprint density at radius 2 is 1.73 bits per heavy atom. The van der Waals surface area contributed by atoms with E-state index in [2.05, 4.69) is 24.1 Å². The number of hydrogen-bond acceptors (Lipinski definition) is 6. The fourth-order valence-electron chi connectivity index (χ4n) is 4.62. The number of nitrogens with zero attached hydrogens (tertiary/aromatic N) is 3. The predicted octanol–water partition coefficient (Wildman–Crippen LogP) is 6.15. The number of carbonyl (C=O) groups excluding carboxylic acids is 1. The van der Waals surface area contributed by atoms with Gasteiger partial charge in [0, 0.05) is 29.7 Å². The number of anilines is 1. The number of aromatic nitrogens is 2. The summed E-state index contributed by atoms with van der Waals surface area (Å²) in [5.41, 5.74) is 3.08. The summed E-state index contributed by atoms with van der Waals surface area (Å²) in [5, 5.41) is 4.36. The Bertz CT molecular complexity index is 1620. The predicted molar refractivity (Wildman–Crippen MR) is 157 cm³/mol. The molecule has 7 nitrogen and oxygen atoms in total. The quantitative estimate of drug-likeness (QED) is 0.199. The summed E-state index contributed by atoms with van der Waals surface area (Å²) in [5.74, 6) is 0.504. The molecule has 0 spiro atoms. The van der Waals surface area contributed by atoms with Crippen molar-refractivity contribution in [1.82, 2.24) is 14.3 Å². The first-order valence-corrected chi connectivity index (χ1v) is 15.7. The van der Waals surface area contributed by atoms with Crippen LogP contribution < -0.4 is 5.32 Å². The zero-order chi connectivity index (χ0) is 28.3. The second kappa shape index (κ2) is 12.0. The van der Waals surface area contributed by atoms with Crippen molar-refractivity contribution in [3.05, 3.63) is 78.1 Å². The average molecular weight is 579 g/mol. The molecule has 0 atom stereocenters. The van der Waals surface area contributed by atoms with Crippen molar-refractivity contribution in [1.29, 1.82) is 0 Å². The largest absolute Gasteiger partial charge is 0.325 e. The van der Waals surface area contributed by atoms with Crippen molar-refractivity contribution in [2.75, 3.05) is 24.2 Å². The summed E-state index contributed by atoms with van der Waals surface area (Å²) < 4.78 is 41.0. The Morgan fingerprint density at radius 1 is 1.02 bits per heavy atom. The fraction of sp³-hybridized carbons (Fsp3) is 0.300. The molecule has 1 aliphatic heterocycles. The van der Waals surface area contributed by atoms with Crippen molar-refractivity contribution in [3.8, 4) is 11.4 Å². The first-order chi connectivity index (χ1) is 19.2. The van der Waals surface area contributed by atoms with E-state index in [1.165, 1.54) is 40.3 Å². The number of amides is 1. The summed E-state index contributed by atoms with van der Waals surface area (Å²) in [6.07, 6.45) is 2.57. The lowest BCUT2D eigenvalue weighted by atomic mass is 10.0. The van der Waals surface area contributed by atoms with Gasteiger partial charge in [-0.3, -0.25) is 4.79 Å². The van der Waals surface area contributed by atoms with E-state index in [0.717, 1.165) is 35.7 Å². The first kappa shape index (κ1) is 28.2. The van der Waals surface area contributed by atoms with E-state index in [0.29, 0.717) is 41.1 Å². The molecular weight excluding hydrogens is 547 g/mol. The van der Waals surface area contributed by atoms with Gasteiger partial charge in [-0.1, -0.05) is 31.7 Å². The summed E-state index contributed by atoms with van der Waals surface area (Å²) in [4.78, 5) is 22.5. The number of carbonyl (C=O) groups is 1. The van der Waals surface area contributed by atoms with Gasteiger partial charge in [-0.15, -0.1) is 0 Å². The van der Waals surface area contributed by atoms with Crippen molar-refractivity contribution in [2.24, 2.45) is 5.92 Å². The number of benzene rings is 3. The van der Waals surface area contributed by atoms with Crippen LogP contribution in [0, 0.1) is 11.7 Å². The molecule has 1 N–H and O–H groups in total. The molecule has 0 unspecified atom stereocenters. The molecule has 2 heterocycles. The second-order valence-corrected chi connectivity index (χ2v) is 12.9. The van der Waals surface area contributed by atoms with Crippen LogP contribution >= 0.6 is 11.8 Å². The third kappa shape index (κ3) is 6.35. The van der Waals surface area contributed by atoms with E-state index in [1.54, 1.807) is 24.3 Å². The molecule has 4 aromatic rings. The highest BCUT2D eigenvalue weighted by atomic mass is 32.2. The average Bonchev–Trinajstić information content (AvgIpc) is 2.96. The minimum Gasteiger partial charge on any atom is -0.325 e. The maximum atomic E-state index is 13.5. The van der Waals surface area contributed by atoms with Crippen molar-refractivity contribution in [2.45, 2.75) is 43.0 Å². The smallest absolute Gasteiger partial charge is 0.243 e. The van der Waals surface area contributed by atoms with Crippen LogP contribution in [-0.4, -0.2) is 47.4 Å². The number of rotatable bonds is 8. The highest BCUT2D eigenvalue weighted by Crippen LogP contribution is 2.30. The third-order valence-corrected chi connectivity index (χ3v) is 10.00. The summed E-state index contributed by atoms with van der Waals surface area (Å²) in [7, 11) is -3.55. The monoisotopic (exact) mass is 578 g/mol. The maximum Gasteiger partial charge on any atom is 0.243 e. The lowest BCUT2D eigenvalue weighted by molar-refractivity contribution is -0.113. The molecule has 1 fully saturated rings. The zero-order valence-electron chi connectivity index (χ0n) is 22.4. The Labute approximate surface area is 238 Å². The van der Waals surface area contributed by atoms with Crippen LogP contribution in [0.5, 0.6) is 0 Å². The number of piperidine rings is 1. The van der Waals surface area contributed by atoms with Gasteiger partial charge in [0.2, 0.25) is 15.9 Å². The molecule has 1 aliphatic rings. The van der Waals surface area contributed by atoms with E-state index in [-0.39, 0.29) is 22.4 Å². The molecule has 0 aliphatic carbocycles. The molecule has 1 saturated heterocycles. The van der Waals surface area contributed by atoms with Gasteiger partial charge in [-0.2, -0.15) is 4.31 Å². The fourth-order valence-corrected chi connectivity index (χ4v) is 6.90. The molecule has 5 rings (SSSR count). The number of thioether (sulfide) groups is 1. The van der Waals surface area contributed by atoms with Crippen LogP contribution in [-0.2, 0) is 21.2 Å². The van der Waals surface area contributed by atoms with E-state index in [1.807, 2.05) is 18.2 Å². The topological polar surface area (TPSA) is 92.3 Å². The molecule has 0 saturated carbocycles. The van der Waals surface area contributed by atoms with Gasteiger partial charge in [0.15, 0.2) is 5.82 Å². The lowest BCUT2D eigenvalue weighted by Crippen LogP contribution is -2.37. The SMILES string of the molecule is CCc1ccc2nc(-c3ccc(F)cc3)nc(SCC(=O)Nc3ccc(S(=O)(=O)N4CCC(C)CC4)cc3)c2c1. The van der Waals surface area contributed by atoms with E-state index >= 15 is 0 Å². The van der Waals surface area contributed by atoms with Crippen LogP contribution in [0.3, 0.4) is 0 Å². The van der Waals surface area contributed by atoms with Gasteiger partial charge in [-0.25, -0.2) is 22.8 Å². The van der Waals surface area contributed by atoms with Crippen LogP contribution in [0.25, 0.3) is 22.3 Å². The molecule has 3 aromatic carbocycles. The standard InChI is InChI=1S/C30H31FN4O3S2/c1-3-21-4-13-27-26(18-21)30(34-29(33-27)22-5-7-23(31)8-6-22)39-19-28(36)32-24-9-11-25(12-10-24)40(37,38)35-16-14-20(2)15-17-35/h4-13,18,20H,3,14-17,19H2,1-2H3,(H,32,36).